The van der Waals surface area contributed by atoms with Crippen molar-refractivity contribution in [2.45, 2.75) is 25.2 Å². The summed E-state index contributed by atoms with van der Waals surface area (Å²) in [6.45, 7) is 2.49. The molecule has 0 bridgehead atoms. The van der Waals surface area contributed by atoms with Gasteiger partial charge in [-0.2, -0.15) is 11.8 Å². The van der Waals surface area contributed by atoms with Gasteiger partial charge in [0.15, 0.2) is 6.10 Å². The first-order chi connectivity index (χ1) is 13.0. The molecule has 0 unspecified atom stereocenters. The maximum atomic E-state index is 12.3. The van der Waals surface area contributed by atoms with E-state index in [1.54, 1.807) is 49.2 Å². The summed E-state index contributed by atoms with van der Waals surface area (Å²) in [6.07, 6.45) is 0.0693. The van der Waals surface area contributed by atoms with Gasteiger partial charge in [0, 0.05) is 28.1 Å². The molecule has 2 rings (SSSR count). The average Bonchev–Trinajstić information content (AvgIpc) is 2.67. The van der Waals surface area contributed by atoms with E-state index in [1.807, 2.05) is 19.1 Å². The highest BCUT2D eigenvalue weighted by Gasteiger charge is 2.17. The maximum Gasteiger partial charge on any atom is 0.261 e. The summed E-state index contributed by atoms with van der Waals surface area (Å²) in [5.74, 6) is 2.83. The largest absolute Gasteiger partial charge is 0.497 e. The van der Waals surface area contributed by atoms with Crippen molar-refractivity contribution < 1.29 is 14.3 Å². The lowest BCUT2D eigenvalue weighted by Gasteiger charge is -2.17. The molecule has 1 N–H and O–H groups in total. The second-order valence-electron chi connectivity index (χ2n) is 5.77. The molecule has 1 atom stereocenters. The fraction of sp³-hybridized carbons (Fsp3) is 0.350. The summed E-state index contributed by atoms with van der Waals surface area (Å²) in [7, 11) is 1.61. The number of benzene rings is 2. The Kier molecular flexibility index (Phi) is 9.11. The van der Waals surface area contributed by atoms with Gasteiger partial charge in [-0.15, -0.1) is 0 Å². The van der Waals surface area contributed by atoms with E-state index in [2.05, 4.69) is 5.32 Å². The van der Waals surface area contributed by atoms with Crippen LogP contribution in [-0.4, -0.2) is 31.4 Å². The van der Waals surface area contributed by atoms with Crippen LogP contribution in [-0.2, 0) is 10.5 Å². The summed E-state index contributed by atoms with van der Waals surface area (Å²) < 4.78 is 10.9. The molecule has 0 aliphatic carbocycles. The molecule has 0 fully saturated rings. The molecular weight excluding hydrogens is 405 g/mol. The second-order valence-corrected chi connectivity index (χ2v) is 7.72. The van der Waals surface area contributed by atoms with Crippen molar-refractivity contribution in [3.05, 3.63) is 58.1 Å². The number of hydrogen-bond donors (Lipinski definition) is 1. The Balaban J connectivity index is 1.72. The van der Waals surface area contributed by atoms with Gasteiger partial charge in [-0.05, 0) is 48.4 Å². The number of carbonyl (C=O) groups is 1. The first-order valence-electron chi connectivity index (χ1n) is 8.63. The van der Waals surface area contributed by atoms with E-state index in [-0.39, 0.29) is 5.91 Å². The van der Waals surface area contributed by atoms with Crippen LogP contribution in [0.25, 0.3) is 0 Å². The third-order valence-electron chi connectivity index (χ3n) is 3.82. The number of rotatable bonds is 10. The molecule has 1 amide bonds. The minimum atomic E-state index is -0.519. The van der Waals surface area contributed by atoms with Gasteiger partial charge < -0.3 is 14.8 Å². The van der Waals surface area contributed by atoms with E-state index in [4.69, 9.17) is 32.7 Å². The molecule has 0 aliphatic heterocycles. The zero-order valence-corrected chi connectivity index (χ0v) is 17.7. The average molecular weight is 428 g/mol. The molecule has 27 heavy (non-hydrogen) atoms. The summed E-state index contributed by atoms with van der Waals surface area (Å²) in [4.78, 5) is 12.3. The van der Waals surface area contributed by atoms with Gasteiger partial charge in [-0.25, -0.2) is 0 Å². The van der Waals surface area contributed by atoms with Gasteiger partial charge in [0.25, 0.3) is 5.91 Å². The molecule has 0 spiro atoms. The molecule has 0 aliphatic rings. The van der Waals surface area contributed by atoms with Crippen LogP contribution in [0.1, 0.15) is 18.9 Å². The topological polar surface area (TPSA) is 47.6 Å². The Hall–Kier alpha value is -1.56. The van der Waals surface area contributed by atoms with Crippen LogP contribution in [0.5, 0.6) is 11.5 Å². The molecule has 0 saturated heterocycles. The highest BCUT2D eigenvalue weighted by atomic mass is 35.5. The van der Waals surface area contributed by atoms with E-state index < -0.39 is 6.10 Å². The smallest absolute Gasteiger partial charge is 0.261 e. The normalized spacial score (nSPS) is 11.7. The van der Waals surface area contributed by atoms with E-state index in [0.717, 1.165) is 22.8 Å². The van der Waals surface area contributed by atoms with Crippen molar-refractivity contribution in [2.75, 3.05) is 19.4 Å². The molecular formula is C20H23Cl2NO3S. The van der Waals surface area contributed by atoms with E-state index in [0.29, 0.717) is 28.8 Å². The predicted octanol–water partition coefficient (Wildman–Crippen LogP) is 5.21. The predicted molar refractivity (Wildman–Crippen MR) is 113 cm³/mol. The van der Waals surface area contributed by atoms with Crippen molar-refractivity contribution in [1.82, 2.24) is 5.32 Å². The number of amides is 1. The SMILES string of the molecule is CC[C@@H](Oc1ccc(OC)cc1)C(=O)NCCSCc1ccc(Cl)cc1Cl. The van der Waals surface area contributed by atoms with Crippen molar-refractivity contribution in [2.24, 2.45) is 0 Å². The Labute approximate surface area is 174 Å². The highest BCUT2D eigenvalue weighted by molar-refractivity contribution is 7.98. The number of hydrogen-bond acceptors (Lipinski definition) is 4. The minimum Gasteiger partial charge on any atom is -0.497 e. The molecule has 0 saturated carbocycles. The first-order valence-corrected chi connectivity index (χ1v) is 10.5. The number of thioether (sulfide) groups is 1. The van der Waals surface area contributed by atoms with Crippen LogP contribution in [0.3, 0.4) is 0 Å². The molecule has 2 aromatic carbocycles. The molecule has 7 heteroatoms. The number of methoxy groups -OCH3 is 1. The van der Waals surface area contributed by atoms with Crippen molar-refractivity contribution in [3.8, 4) is 11.5 Å². The maximum absolute atomic E-state index is 12.3. The van der Waals surface area contributed by atoms with Crippen LogP contribution in [0.2, 0.25) is 10.0 Å². The van der Waals surface area contributed by atoms with Gasteiger partial charge >= 0.3 is 0 Å². The summed E-state index contributed by atoms with van der Waals surface area (Å²) in [5.41, 5.74) is 1.03. The lowest BCUT2D eigenvalue weighted by atomic mass is 10.2. The zero-order valence-electron chi connectivity index (χ0n) is 15.3. The van der Waals surface area contributed by atoms with Crippen molar-refractivity contribution in [1.29, 1.82) is 0 Å². The van der Waals surface area contributed by atoms with E-state index in [1.165, 1.54) is 0 Å². The third-order valence-corrected chi connectivity index (χ3v) is 5.41. The molecule has 2 aromatic rings. The van der Waals surface area contributed by atoms with Crippen LogP contribution in [0.4, 0.5) is 0 Å². The lowest BCUT2D eigenvalue weighted by molar-refractivity contribution is -0.127. The van der Waals surface area contributed by atoms with Gasteiger partial charge in [0.05, 0.1) is 7.11 Å². The Morgan fingerprint density at radius 1 is 1.15 bits per heavy atom. The number of carbonyl (C=O) groups excluding carboxylic acids is 1. The van der Waals surface area contributed by atoms with Crippen LogP contribution >= 0.6 is 35.0 Å². The number of ether oxygens (including phenoxy) is 2. The fourth-order valence-corrected chi connectivity index (χ4v) is 3.74. The Morgan fingerprint density at radius 3 is 2.48 bits per heavy atom. The van der Waals surface area contributed by atoms with Gasteiger partial charge in [0.2, 0.25) is 0 Å². The quantitative estimate of drug-likeness (QED) is 0.528. The third kappa shape index (κ3) is 7.17. The molecule has 146 valence electrons. The van der Waals surface area contributed by atoms with Gasteiger partial charge in [0.1, 0.15) is 11.5 Å². The number of halogens is 2. The summed E-state index contributed by atoms with van der Waals surface area (Å²) in [5, 5.41) is 4.22. The molecule has 0 radical (unpaired) electrons. The molecule has 0 heterocycles. The Bertz CT molecular complexity index is 741. The summed E-state index contributed by atoms with van der Waals surface area (Å²) in [6, 6.07) is 12.7. The van der Waals surface area contributed by atoms with E-state index >= 15 is 0 Å². The fourth-order valence-electron chi connectivity index (χ4n) is 2.32. The Morgan fingerprint density at radius 2 is 1.85 bits per heavy atom. The zero-order chi connectivity index (χ0) is 19.6. The molecule has 0 aromatic heterocycles. The van der Waals surface area contributed by atoms with Gasteiger partial charge in [-0.1, -0.05) is 36.2 Å². The second kappa shape index (κ2) is 11.3. The monoisotopic (exact) mass is 427 g/mol. The lowest BCUT2D eigenvalue weighted by Crippen LogP contribution is -2.39. The highest BCUT2D eigenvalue weighted by Crippen LogP contribution is 2.24. The first kappa shape index (κ1) is 21.7. The van der Waals surface area contributed by atoms with Crippen LogP contribution in [0, 0.1) is 0 Å². The van der Waals surface area contributed by atoms with Crippen LogP contribution < -0.4 is 14.8 Å². The standard InChI is InChI=1S/C20H23Cl2NO3S/c1-3-19(26-17-8-6-16(25-2)7-9-17)20(24)23-10-11-27-13-14-4-5-15(21)12-18(14)22/h4-9,12,19H,3,10-11,13H2,1-2H3,(H,23,24)/t19-/m1/s1. The van der Waals surface area contributed by atoms with Gasteiger partial charge in [-0.3, -0.25) is 4.79 Å². The number of nitrogens with one attached hydrogen (secondary N) is 1. The minimum absolute atomic E-state index is 0.113. The van der Waals surface area contributed by atoms with E-state index in [9.17, 15) is 4.79 Å². The van der Waals surface area contributed by atoms with Crippen molar-refractivity contribution >= 4 is 40.9 Å². The summed E-state index contributed by atoms with van der Waals surface area (Å²) >= 11 is 13.8. The molecule has 4 nitrogen and oxygen atoms in total. The van der Waals surface area contributed by atoms with Crippen molar-refractivity contribution in [3.63, 3.8) is 0 Å². The van der Waals surface area contributed by atoms with Crippen LogP contribution in [0.15, 0.2) is 42.5 Å².